The Labute approximate surface area is 129 Å². The van der Waals surface area contributed by atoms with E-state index in [0.29, 0.717) is 5.41 Å². The van der Waals surface area contributed by atoms with Crippen LogP contribution in [0.4, 0.5) is 5.69 Å². The number of nitrogens with two attached hydrogens (primary N) is 1. The molecule has 1 unspecified atom stereocenters. The number of nitrogens with zero attached hydrogens (tertiary/aromatic N) is 2. The molecule has 118 valence electrons. The third kappa shape index (κ3) is 3.97. The molecule has 1 aromatic rings. The number of aromatic nitrogens is 1. The van der Waals surface area contributed by atoms with Gasteiger partial charge in [-0.2, -0.15) is 0 Å². The van der Waals surface area contributed by atoms with Crippen molar-refractivity contribution >= 4 is 5.69 Å². The highest BCUT2D eigenvalue weighted by atomic mass is 15.1. The molecule has 1 aliphatic rings. The van der Waals surface area contributed by atoms with Gasteiger partial charge in [-0.3, -0.25) is 9.88 Å². The maximum absolute atomic E-state index is 6.14. The summed E-state index contributed by atoms with van der Waals surface area (Å²) in [6.07, 6.45) is 5.85. The molecular formula is C18H31N3. The fourth-order valence-corrected chi connectivity index (χ4v) is 3.34. The van der Waals surface area contributed by atoms with E-state index in [2.05, 4.69) is 37.6 Å². The number of pyridine rings is 1. The van der Waals surface area contributed by atoms with E-state index < -0.39 is 0 Å². The average molecular weight is 289 g/mol. The molecule has 1 aliphatic heterocycles. The minimum atomic E-state index is 0.429. The van der Waals surface area contributed by atoms with Crippen molar-refractivity contribution in [1.29, 1.82) is 0 Å². The summed E-state index contributed by atoms with van der Waals surface area (Å²) in [7, 11) is 0. The van der Waals surface area contributed by atoms with Crippen molar-refractivity contribution in [2.75, 3.05) is 18.8 Å². The molecule has 3 heteroatoms. The van der Waals surface area contributed by atoms with E-state index in [0.717, 1.165) is 35.0 Å². The van der Waals surface area contributed by atoms with Gasteiger partial charge in [0, 0.05) is 18.4 Å². The van der Waals surface area contributed by atoms with E-state index in [1.54, 1.807) is 0 Å². The number of likely N-dealkylation sites (tertiary alicyclic amines) is 1. The van der Waals surface area contributed by atoms with Gasteiger partial charge in [0.2, 0.25) is 0 Å². The first-order valence-corrected chi connectivity index (χ1v) is 8.22. The zero-order valence-electron chi connectivity index (χ0n) is 14.4. The zero-order valence-corrected chi connectivity index (χ0v) is 14.4. The normalized spacial score (nSPS) is 21.3. The second-order valence-corrected chi connectivity index (χ2v) is 7.70. The second-order valence-electron chi connectivity index (χ2n) is 7.70. The summed E-state index contributed by atoms with van der Waals surface area (Å²) in [5.74, 6) is 0.833. The molecule has 1 atom stereocenters. The largest absolute Gasteiger partial charge is 0.398 e. The molecule has 2 N–H and O–H groups in total. The Kier molecular flexibility index (Phi) is 4.92. The summed E-state index contributed by atoms with van der Waals surface area (Å²) in [5, 5.41) is 0. The molecule has 1 aromatic heterocycles. The minimum Gasteiger partial charge on any atom is -0.398 e. The minimum absolute atomic E-state index is 0.429. The lowest BCUT2D eigenvalue weighted by molar-refractivity contribution is 0.206. The van der Waals surface area contributed by atoms with Gasteiger partial charge in [-0.1, -0.05) is 20.8 Å². The summed E-state index contributed by atoms with van der Waals surface area (Å²) in [6, 6.07) is 0. The maximum Gasteiger partial charge on any atom is 0.0593 e. The summed E-state index contributed by atoms with van der Waals surface area (Å²) >= 11 is 0. The van der Waals surface area contributed by atoms with Gasteiger partial charge in [0.25, 0.3) is 0 Å². The third-order valence-corrected chi connectivity index (χ3v) is 5.09. The molecule has 0 saturated carbocycles. The molecule has 2 heterocycles. The summed E-state index contributed by atoms with van der Waals surface area (Å²) in [6.45, 7) is 14.5. The fourth-order valence-electron chi connectivity index (χ4n) is 3.34. The number of hydrogen-bond acceptors (Lipinski definition) is 3. The quantitative estimate of drug-likeness (QED) is 0.897. The molecule has 1 saturated heterocycles. The summed E-state index contributed by atoms with van der Waals surface area (Å²) < 4.78 is 0. The Morgan fingerprint density at radius 3 is 2.62 bits per heavy atom. The van der Waals surface area contributed by atoms with Gasteiger partial charge in [0.15, 0.2) is 0 Å². The van der Waals surface area contributed by atoms with Gasteiger partial charge in [-0.15, -0.1) is 0 Å². The predicted octanol–water partition coefficient (Wildman–Crippen LogP) is 3.93. The molecule has 3 nitrogen and oxygen atoms in total. The first-order chi connectivity index (χ1) is 9.79. The lowest BCUT2D eigenvalue weighted by Crippen LogP contribution is -2.27. The van der Waals surface area contributed by atoms with Gasteiger partial charge in [-0.25, -0.2) is 0 Å². The van der Waals surface area contributed by atoms with E-state index in [1.165, 1.54) is 32.4 Å². The maximum atomic E-state index is 6.14. The first kappa shape index (κ1) is 16.3. The molecule has 0 radical (unpaired) electrons. The predicted molar refractivity (Wildman–Crippen MR) is 90.2 cm³/mol. The van der Waals surface area contributed by atoms with Crippen molar-refractivity contribution in [3.8, 4) is 0 Å². The van der Waals surface area contributed by atoms with E-state index >= 15 is 0 Å². The van der Waals surface area contributed by atoms with Crippen molar-refractivity contribution in [2.24, 2.45) is 11.3 Å². The molecule has 2 rings (SSSR count). The van der Waals surface area contributed by atoms with Crippen LogP contribution in [0.25, 0.3) is 0 Å². The average Bonchev–Trinajstić information content (AvgIpc) is 2.65. The molecule has 0 spiro atoms. The molecular weight excluding hydrogens is 258 g/mol. The van der Waals surface area contributed by atoms with Gasteiger partial charge < -0.3 is 5.73 Å². The fraction of sp³-hybridized carbons (Fsp3) is 0.722. The van der Waals surface area contributed by atoms with Crippen molar-refractivity contribution in [1.82, 2.24) is 9.88 Å². The van der Waals surface area contributed by atoms with Crippen LogP contribution in [0.3, 0.4) is 0 Å². The SMILES string of the molecule is Cc1cnc(CN2CCCC(C(C)(C)C)CC2)c(C)c1N. The Morgan fingerprint density at radius 2 is 1.95 bits per heavy atom. The number of anilines is 1. The molecule has 0 amide bonds. The van der Waals surface area contributed by atoms with Crippen LogP contribution < -0.4 is 5.73 Å². The Morgan fingerprint density at radius 1 is 1.24 bits per heavy atom. The number of aryl methyl sites for hydroxylation is 1. The first-order valence-electron chi connectivity index (χ1n) is 8.22. The monoisotopic (exact) mass is 289 g/mol. The molecule has 1 fully saturated rings. The van der Waals surface area contributed by atoms with Crippen LogP contribution in [-0.4, -0.2) is 23.0 Å². The number of nitrogen functional groups attached to an aromatic ring is 1. The van der Waals surface area contributed by atoms with Crippen molar-refractivity contribution in [3.63, 3.8) is 0 Å². The van der Waals surface area contributed by atoms with Crippen molar-refractivity contribution in [3.05, 3.63) is 23.0 Å². The molecule has 0 aromatic carbocycles. The van der Waals surface area contributed by atoms with Gasteiger partial charge >= 0.3 is 0 Å². The Balaban J connectivity index is 2.03. The summed E-state index contributed by atoms with van der Waals surface area (Å²) in [5.41, 5.74) is 10.9. The van der Waals surface area contributed by atoms with Gasteiger partial charge in [0.1, 0.15) is 0 Å². The number of hydrogen-bond donors (Lipinski definition) is 1. The lowest BCUT2D eigenvalue weighted by Gasteiger charge is -2.29. The summed E-state index contributed by atoms with van der Waals surface area (Å²) in [4.78, 5) is 7.16. The third-order valence-electron chi connectivity index (χ3n) is 5.09. The van der Waals surface area contributed by atoms with E-state index in [4.69, 9.17) is 5.73 Å². The van der Waals surface area contributed by atoms with Crippen LogP contribution in [0.15, 0.2) is 6.20 Å². The van der Waals surface area contributed by atoms with Gasteiger partial charge in [0.05, 0.1) is 5.69 Å². The number of rotatable bonds is 2. The van der Waals surface area contributed by atoms with Crippen LogP contribution in [0.2, 0.25) is 0 Å². The van der Waals surface area contributed by atoms with Crippen molar-refractivity contribution in [2.45, 2.75) is 60.4 Å². The molecule has 0 aliphatic carbocycles. The van der Waals surface area contributed by atoms with Crippen LogP contribution in [0, 0.1) is 25.2 Å². The highest BCUT2D eigenvalue weighted by Crippen LogP contribution is 2.34. The van der Waals surface area contributed by atoms with Crippen LogP contribution in [-0.2, 0) is 6.54 Å². The topological polar surface area (TPSA) is 42.2 Å². The van der Waals surface area contributed by atoms with Crippen LogP contribution in [0.1, 0.15) is 56.9 Å². The Hall–Kier alpha value is -1.09. The van der Waals surface area contributed by atoms with E-state index in [9.17, 15) is 0 Å². The standard InChI is InChI=1S/C18H31N3/c1-13-11-20-16(14(2)17(13)19)12-21-9-6-7-15(8-10-21)18(3,4)5/h11,15H,6-10,12H2,1-5H3,(H2,19,20). The second kappa shape index (κ2) is 6.35. The zero-order chi connectivity index (χ0) is 15.6. The highest BCUT2D eigenvalue weighted by Gasteiger charge is 2.27. The lowest BCUT2D eigenvalue weighted by atomic mass is 9.77. The van der Waals surface area contributed by atoms with E-state index in [-0.39, 0.29) is 0 Å². The van der Waals surface area contributed by atoms with Crippen molar-refractivity contribution < 1.29 is 0 Å². The highest BCUT2D eigenvalue weighted by molar-refractivity contribution is 5.53. The smallest absolute Gasteiger partial charge is 0.0593 e. The Bertz CT molecular complexity index is 488. The van der Waals surface area contributed by atoms with Crippen LogP contribution >= 0.6 is 0 Å². The molecule has 21 heavy (non-hydrogen) atoms. The molecule has 0 bridgehead atoms. The van der Waals surface area contributed by atoms with E-state index in [1.807, 2.05) is 13.1 Å². The van der Waals surface area contributed by atoms with Crippen LogP contribution in [0.5, 0.6) is 0 Å². The van der Waals surface area contributed by atoms with Gasteiger partial charge in [-0.05, 0) is 68.7 Å².